The highest BCUT2D eigenvalue weighted by molar-refractivity contribution is 5.93. The van der Waals surface area contributed by atoms with Gasteiger partial charge in [-0.3, -0.25) is 5.10 Å². The molecular weight excluding hydrogens is 272 g/mol. The molecule has 1 saturated heterocycles. The first kappa shape index (κ1) is 12.6. The predicted molar refractivity (Wildman–Crippen MR) is 77.2 cm³/mol. The van der Waals surface area contributed by atoms with Gasteiger partial charge in [0.05, 0.1) is 11.6 Å². The summed E-state index contributed by atoms with van der Waals surface area (Å²) in [6.45, 7) is 4.35. The van der Waals surface area contributed by atoms with Crippen molar-refractivity contribution in [2.45, 2.75) is 44.4 Å². The van der Waals surface area contributed by atoms with Gasteiger partial charge in [0.25, 0.3) is 0 Å². The number of hydrogen-bond donors (Lipinski definition) is 3. The fraction of sp³-hybridized carbons (Fsp3) is 0.615. The average Bonchev–Trinajstić information content (AvgIpc) is 2.74. The van der Waals surface area contributed by atoms with E-state index in [2.05, 4.69) is 25.1 Å². The number of nitrogen functional groups attached to an aromatic ring is 1. The first-order valence-corrected chi connectivity index (χ1v) is 7.12. The van der Waals surface area contributed by atoms with Crippen LogP contribution in [0.25, 0.3) is 11.0 Å². The maximum atomic E-state index is 10.4. The predicted octanol–water partition coefficient (Wildman–Crippen LogP) is 0.436. The monoisotopic (exact) mass is 290 g/mol. The van der Waals surface area contributed by atoms with Crippen LogP contribution < -0.4 is 15.4 Å². The summed E-state index contributed by atoms with van der Waals surface area (Å²) in [6.07, 6.45) is 1.51. The molecule has 4 heterocycles. The molecule has 0 aromatic carbocycles. The molecule has 112 valence electrons. The topological polar surface area (TPSA) is 113 Å². The Labute approximate surface area is 121 Å². The molecule has 8 nitrogen and oxygen atoms in total. The molecule has 2 aromatic heterocycles. The Hall–Kier alpha value is -2.09. The molecule has 21 heavy (non-hydrogen) atoms. The third-order valence-corrected chi connectivity index (χ3v) is 4.39. The van der Waals surface area contributed by atoms with Gasteiger partial charge in [0.15, 0.2) is 5.65 Å². The second-order valence-corrected chi connectivity index (χ2v) is 6.21. The number of nitrogens with one attached hydrogen (secondary N) is 1. The Morgan fingerprint density at radius 2 is 2.29 bits per heavy atom. The molecule has 0 radical (unpaired) electrons. The van der Waals surface area contributed by atoms with Crippen LogP contribution in [0.5, 0.6) is 5.88 Å². The van der Waals surface area contributed by atoms with E-state index in [0.717, 1.165) is 18.2 Å². The number of nitrogens with zero attached hydrogens (tertiary/aromatic N) is 4. The quantitative estimate of drug-likeness (QED) is 0.645. The lowest BCUT2D eigenvalue weighted by molar-refractivity contribution is 0.0242. The largest absolute Gasteiger partial charge is 0.471 e. The van der Waals surface area contributed by atoms with Crippen molar-refractivity contribution < 1.29 is 9.84 Å². The van der Waals surface area contributed by atoms with Gasteiger partial charge in [-0.25, -0.2) is 0 Å². The Morgan fingerprint density at radius 3 is 3.10 bits per heavy atom. The third-order valence-electron chi connectivity index (χ3n) is 4.39. The van der Waals surface area contributed by atoms with E-state index < -0.39 is 5.60 Å². The zero-order chi connectivity index (χ0) is 14.8. The molecule has 3 atom stereocenters. The maximum Gasteiger partial charge on any atom is 0.246 e. The first-order chi connectivity index (χ1) is 9.94. The molecule has 1 fully saturated rings. The van der Waals surface area contributed by atoms with Crippen LogP contribution in [0, 0.1) is 0 Å². The van der Waals surface area contributed by atoms with Crippen molar-refractivity contribution >= 4 is 22.8 Å². The summed E-state index contributed by atoms with van der Waals surface area (Å²) in [5.74, 6) is 1.38. The lowest BCUT2D eigenvalue weighted by atomic mass is 9.88. The number of aromatic amines is 1. The van der Waals surface area contributed by atoms with Crippen LogP contribution in [0.4, 0.5) is 11.8 Å². The summed E-state index contributed by atoms with van der Waals surface area (Å²) in [6, 6.07) is 0.136. The van der Waals surface area contributed by atoms with Crippen molar-refractivity contribution in [3.8, 4) is 5.88 Å². The molecule has 1 unspecified atom stereocenters. The summed E-state index contributed by atoms with van der Waals surface area (Å²) in [5, 5.41) is 18.2. The van der Waals surface area contributed by atoms with E-state index in [-0.39, 0.29) is 18.1 Å². The molecule has 8 heteroatoms. The molecular formula is C13H18N6O2. The molecule has 0 aliphatic carbocycles. The number of piperidine rings is 1. The van der Waals surface area contributed by atoms with Crippen molar-refractivity contribution in [1.29, 1.82) is 0 Å². The van der Waals surface area contributed by atoms with Gasteiger partial charge in [-0.05, 0) is 26.7 Å². The van der Waals surface area contributed by atoms with Crippen LogP contribution in [0.3, 0.4) is 0 Å². The van der Waals surface area contributed by atoms with Gasteiger partial charge in [0.2, 0.25) is 11.8 Å². The molecule has 0 saturated carbocycles. The number of nitrogens with two attached hydrogens (primary N) is 1. The van der Waals surface area contributed by atoms with E-state index in [9.17, 15) is 5.11 Å². The number of rotatable bonds is 0. The number of aromatic nitrogens is 4. The van der Waals surface area contributed by atoms with Crippen LogP contribution in [0.2, 0.25) is 0 Å². The van der Waals surface area contributed by atoms with Crippen LogP contribution in [-0.2, 0) is 0 Å². The molecule has 0 bridgehead atoms. The average molecular weight is 290 g/mol. The maximum absolute atomic E-state index is 10.4. The van der Waals surface area contributed by atoms with Crippen molar-refractivity contribution in [3.63, 3.8) is 0 Å². The van der Waals surface area contributed by atoms with Crippen LogP contribution >= 0.6 is 0 Å². The number of ether oxygens (including phenoxy) is 1. The highest BCUT2D eigenvalue weighted by Gasteiger charge is 2.42. The van der Waals surface area contributed by atoms with E-state index in [1.54, 1.807) is 0 Å². The Kier molecular flexibility index (Phi) is 2.39. The molecule has 0 amide bonds. The molecule has 2 aliphatic heterocycles. The molecule has 4 rings (SSSR count). The minimum absolute atomic E-state index is 0.0528. The minimum Gasteiger partial charge on any atom is -0.471 e. The van der Waals surface area contributed by atoms with E-state index in [1.165, 1.54) is 0 Å². The van der Waals surface area contributed by atoms with Crippen LogP contribution in [0.15, 0.2) is 0 Å². The zero-order valence-electron chi connectivity index (χ0n) is 12.0. The van der Waals surface area contributed by atoms with Gasteiger partial charge in [0.1, 0.15) is 17.3 Å². The van der Waals surface area contributed by atoms with E-state index in [4.69, 9.17) is 10.5 Å². The third kappa shape index (κ3) is 1.82. The zero-order valence-corrected chi connectivity index (χ0v) is 12.0. The fourth-order valence-corrected chi connectivity index (χ4v) is 3.35. The minimum atomic E-state index is -0.753. The summed E-state index contributed by atoms with van der Waals surface area (Å²) < 4.78 is 5.96. The highest BCUT2D eigenvalue weighted by atomic mass is 16.5. The second kappa shape index (κ2) is 3.97. The number of aliphatic hydroxyl groups is 1. The molecule has 2 aliphatic rings. The van der Waals surface area contributed by atoms with Gasteiger partial charge < -0.3 is 20.5 Å². The van der Waals surface area contributed by atoms with Gasteiger partial charge >= 0.3 is 0 Å². The number of hydrogen-bond acceptors (Lipinski definition) is 7. The Balaban J connectivity index is 1.95. The second-order valence-electron chi connectivity index (χ2n) is 6.21. The fourth-order valence-electron chi connectivity index (χ4n) is 3.35. The molecule has 0 spiro atoms. The van der Waals surface area contributed by atoms with Crippen molar-refractivity contribution in [2.75, 3.05) is 17.2 Å². The standard InChI is InChI=1S/C13H18N6O2/c1-6-7-3-4-13(2,20)5-19(7)10-8-9(15-12(14)16-10)17-18-11(8)21-6/h6-7,20H,3-5H2,1-2H3,(H3,14,15,16,17,18)/t6-,7?,13-/m0/s1. The number of anilines is 2. The summed E-state index contributed by atoms with van der Waals surface area (Å²) in [5.41, 5.74) is 5.62. The van der Waals surface area contributed by atoms with E-state index in [1.807, 2.05) is 13.8 Å². The van der Waals surface area contributed by atoms with Gasteiger partial charge in [-0.2, -0.15) is 9.97 Å². The van der Waals surface area contributed by atoms with Crippen LogP contribution in [0.1, 0.15) is 26.7 Å². The summed E-state index contributed by atoms with van der Waals surface area (Å²) in [7, 11) is 0. The molecule has 2 aromatic rings. The lowest BCUT2D eigenvalue weighted by Gasteiger charge is -2.44. The van der Waals surface area contributed by atoms with Gasteiger partial charge in [-0.15, -0.1) is 5.10 Å². The number of H-pyrrole nitrogens is 1. The first-order valence-electron chi connectivity index (χ1n) is 7.12. The van der Waals surface area contributed by atoms with E-state index in [0.29, 0.717) is 23.9 Å². The lowest BCUT2D eigenvalue weighted by Crippen LogP contribution is -2.55. The van der Waals surface area contributed by atoms with Crippen molar-refractivity contribution in [3.05, 3.63) is 0 Å². The van der Waals surface area contributed by atoms with Crippen molar-refractivity contribution in [1.82, 2.24) is 20.2 Å². The highest BCUT2D eigenvalue weighted by Crippen LogP contribution is 2.40. The summed E-state index contributed by atoms with van der Waals surface area (Å²) >= 11 is 0. The van der Waals surface area contributed by atoms with Gasteiger partial charge in [-0.1, -0.05) is 0 Å². The Morgan fingerprint density at radius 1 is 1.48 bits per heavy atom. The van der Waals surface area contributed by atoms with E-state index >= 15 is 0 Å². The van der Waals surface area contributed by atoms with Crippen LogP contribution in [-0.4, -0.2) is 49.6 Å². The summed E-state index contributed by atoms with van der Waals surface area (Å²) in [4.78, 5) is 10.6. The molecule has 4 N–H and O–H groups in total. The van der Waals surface area contributed by atoms with Gasteiger partial charge in [0, 0.05) is 6.54 Å². The number of fused-ring (bicyclic) bond motifs is 2. The SMILES string of the molecule is C[C@@H]1Oc2n[nH]c3nc(N)nc(c23)N2C[C@@](C)(O)CCC12. The Bertz CT molecular complexity index is 712. The van der Waals surface area contributed by atoms with Crippen molar-refractivity contribution in [2.24, 2.45) is 0 Å². The normalized spacial score (nSPS) is 31.7. The smallest absolute Gasteiger partial charge is 0.246 e.